The maximum absolute atomic E-state index is 13.0. The van der Waals surface area contributed by atoms with Crippen molar-refractivity contribution in [3.05, 3.63) is 128 Å². The number of nitrogens with zero attached hydrogens (tertiary/aromatic N) is 4. The summed E-state index contributed by atoms with van der Waals surface area (Å²) >= 11 is 0. The van der Waals surface area contributed by atoms with Crippen LogP contribution in [0, 0.1) is 0 Å². The van der Waals surface area contributed by atoms with Crippen molar-refractivity contribution in [2.45, 2.75) is 4.90 Å². The lowest BCUT2D eigenvalue weighted by Gasteiger charge is -2.15. The molecule has 0 radical (unpaired) electrons. The monoisotopic (exact) mass is 545 g/mol. The number of phenols is 1. The van der Waals surface area contributed by atoms with Crippen LogP contribution >= 0.6 is 0 Å². The van der Waals surface area contributed by atoms with Crippen molar-refractivity contribution < 1.29 is 13.5 Å². The molecule has 0 atom stereocenters. The predicted octanol–water partition coefficient (Wildman–Crippen LogP) is 6.17. The summed E-state index contributed by atoms with van der Waals surface area (Å²) in [5, 5.41) is 10.8. The molecule has 0 amide bonds. The Hall–Kier alpha value is -5.28. The Morgan fingerprint density at radius 1 is 0.675 bits per heavy atom. The summed E-state index contributed by atoms with van der Waals surface area (Å²) in [6.45, 7) is 0. The van der Waals surface area contributed by atoms with E-state index in [4.69, 9.17) is 4.98 Å². The SMILES string of the molecule is O=S(=O)(Nc1ncccn1)c1ccc(-n2c(-c3ccccc3O)nc(-c3ccccc3)c2-c2ccccc2)cc1. The lowest BCUT2D eigenvalue weighted by atomic mass is 10.0. The molecule has 0 aliphatic rings. The zero-order chi connectivity index (χ0) is 27.5. The van der Waals surface area contributed by atoms with Gasteiger partial charge in [-0.2, -0.15) is 0 Å². The number of imidazole rings is 1. The molecule has 4 aromatic carbocycles. The molecule has 2 heterocycles. The van der Waals surface area contributed by atoms with E-state index >= 15 is 0 Å². The van der Waals surface area contributed by atoms with Gasteiger partial charge in [0.2, 0.25) is 5.95 Å². The molecule has 2 N–H and O–H groups in total. The molecule has 8 nitrogen and oxygen atoms in total. The highest BCUT2D eigenvalue weighted by Gasteiger charge is 2.24. The number of aromatic hydroxyl groups is 1. The first kappa shape index (κ1) is 25.0. The highest BCUT2D eigenvalue weighted by atomic mass is 32.2. The van der Waals surface area contributed by atoms with Gasteiger partial charge in [-0.25, -0.2) is 28.1 Å². The number of rotatable bonds is 7. The van der Waals surface area contributed by atoms with Crippen LogP contribution in [0.5, 0.6) is 5.75 Å². The predicted molar refractivity (Wildman–Crippen MR) is 154 cm³/mol. The summed E-state index contributed by atoms with van der Waals surface area (Å²) < 4.78 is 30.4. The van der Waals surface area contributed by atoms with Crippen LogP contribution in [0.25, 0.3) is 39.6 Å². The fraction of sp³-hybridized carbons (Fsp3) is 0. The van der Waals surface area contributed by atoms with Gasteiger partial charge >= 0.3 is 0 Å². The van der Waals surface area contributed by atoms with Gasteiger partial charge in [-0.05, 0) is 42.5 Å². The van der Waals surface area contributed by atoms with E-state index in [1.165, 1.54) is 24.5 Å². The Bertz CT molecular complexity index is 1880. The van der Waals surface area contributed by atoms with Crippen LogP contribution in [0.2, 0.25) is 0 Å². The van der Waals surface area contributed by atoms with Crippen molar-refractivity contribution in [3.8, 4) is 45.3 Å². The molecular formula is C31H23N5O3S. The van der Waals surface area contributed by atoms with E-state index in [2.05, 4.69) is 14.7 Å². The van der Waals surface area contributed by atoms with Crippen LogP contribution in [-0.2, 0) is 10.0 Å². The minimum atomic E-state index is -3.92. The molecule has 0 spiro atoms. The van der Waals surface area contributed by atoms with Crippen LogP contribution in [0.1, 0.15) is 0 Å². The number of hydrogen-bond acceptors (Lipinski definition) is 6. The minimum Gasteiger partial charge on any atom is -0.507 e. The summed E-state index contributed by atoms with van der Waals surface area (Å²) in [6.07, 6.45) is 2.92. The Morgan fingerprint density at radius 2 is 1.27 bits per heavy atom. The first-order chi connectivity index (χ1) is 19.5. The van der Waals surface area contributed by atoms with Gasteiger partial charge < -0.3 is 5.11 Å². The number of phenolic OH excluding ortho intramolecular Hbond substituents is 1. The number of benzene rings is 4. The molecule has 0 bridgehead atoms. The van der Waals surface area contributed by atoms with E-state index in [1.807, 2.05) is 71.3 Å². The van der Waals surface area contributed by atoms with E-state index in [0.29, 0.717) is 17.1 Å². The smallest absolute Gasteiger partial charge is 0.264 e. The molecule has 2 aromatic heterocycles. The van der Waals surface area contributed by atoms with Gasteiger partial charge in [-0.1, -0.05) is 72.8 Å². The van der Waals surface area contributed by atoms with Crippen molar-refractivity contribution in [2.24, 2.45) is 0 Å². The van der Waals surface area contributed by atoms with Crippen molar-refractivity contribution in [3.63, 3.8) is 0 Å². The van der Waals surface area contributed by atoms with Gasteiger partial charge in [-0.3, -0.25) is 4.57 Å². The fourth-order valence-electron chi connectivity index (χ4n) is 4.48. The maximum atomic E-state index is 13.0. The number of para-hydroxylation sites is 1. The van der Waals surface area contributed by atoms with Gasteiger partial charge in [0, 0.05) is 29.2 Å². The maximum Gasteiger partial charge on any atom is 0.264 e. The Morgan fingerprint density at radius 3 is 1.93 bits per heavy atom. The molecule has 9 heteroatoms. The quantitative estimate of drug-likeness (QED) is 0.248. The third-order valence-electron chi connectivity index (χ3n) is 6.31. The molecule has 6 rings (SSSR count). The average Bonchev–Trinajstić information content (AvgIpc) is 3.39. The topological polar surface area (TPSA) is 110 Å². The van der Waals surface area contributed by atoms with Crippen LogP contribution in [0.4, 0.5) is 5.95 Å². The number of nitrogens with one attached hydrogen (secondary N) is 1. The average molecular weight is 546 g/mol. The Kier molecular flexibility index (Phi) is 6.55. The molecule has 0 saturated carbocycles. The molecule has 40 heavy (non-hydrogen) atoms. The van der Waals surface area contributed by atoms with Gasteiger partial charge in [0.05, 0.1) is 21.8 Å². The highest BCUT2D eigenvalue weighted by Crippen LogP contribution is 2.40. The molecule has 0 aliphatic heterocycles. The number of sulfonamides is 1. The molecule has 196 valence electrons. The lowest BCUT2D eigenvalue weighted by molar-refractivity contribution is 0.477. The molecular weight excluding hydrogens is 522 g/mol. The van der Waals surface area contributed by atoms with Crippen LogP contribution < -0.4 is 4.72 Å². The number of anilines is 1. The lowest BCUT2D eigenvalue weighted by Crippen LogP contribution is -2.15. The van der Waals surface area contributed by atoms with Gasteiger partial charge in [0.1, 0.15) is 11.6 Å². The van der Waals surface area contributed by atoms with Crippen LogP contribution in [-0.4, -0.2) is 33.0 Å². The van der Waals surface area contributed by atoms with Crippen molar-refractivity contribution in [1.82, 2.24) is 19.5 Å². The Balaban J connectivity index is 1.56. The fourth-order valence-corrected chi connectivity index (χ4v) is 5.44. The summed E-state index contributed by atoms with van der Waals surface area (Å²) in [5.41, 5.74) is 4.56. The molecule has 0 saturated heterocycles. The normalized spacial score (nSPS) is 11.3. The zero-order valence-corrected chi connectivity index (χ0v) is 21.9. The molecule has 0 aliphatic carbocycles. The first-order valence-electron chi connectivity index (χ1n) is 12.4. The summed E-state index contributed by atoms with van der Waals surface area (Å²) in [5.74, 6) is 0.586. The minimum absolute atomic E-state index is 0.0121. The van der Waals surface area contributed by atoms with E-state index in [1.54, 1.807) is 36.4 Å². The van der Waals surface area contributed by atoms with Gasteiger partial charge in [0.25, 0.3) is 10.0 Å². The third kappa shape index (κ3) is 4.81. The highest BCUT2D eigenvalue weighted by molar-refractivity contribution is 7.92. The van der Waals surface area contributed by atoms with E-state index < -0.39 is 10.0 Å². The summed E-state index contributed by atoms with van der Waals surface area (Å²) in [4.78, 5) is 13.0. The standard InChI is InChI=1S/C31H23N5O3S/c37-27-15-8-7-14-26(27)30-34-28(22-10-3-1-4-11-22)29(23-12-5-2-6-13-23)36(30)24-16-18-25(19-17-24)40(38,39)35-31-32-20-9-21-33-31/h1-21,37H,(H,32,33,35). The van der Waals surface area contributed by atoms with Crippen molar-refractivity contribution in [2.75, 3.05) is 4.72 Å². The van der Waals surface area contributed by atoms with E-state index in [-0.39, 0.29) is 16.6 Å². The molecule has 0 unspecified atom stereocenters. The second kappa shape index (κ2) is 10.5. The number of hydrogen-bond donors (Lipinski definition) is 2. The van der Waals surface area contributed by atoms with Crippen molar-refractivity contribution in [1.29, 1.82) is 0 Å². The number of aromatic nitrogens is 4. The zero-order valence-electron chi connectivity index (χ0n) is 21.1. The second-order valence-electron chi connectivity index (χ2n) is 8.89. The summed E-state index contributed by atoms with van der Waals surface area (Å²) in [6, 6.07) is 34.8. The third-order valence-corrected chi connectivity index (χ3v) is 7.66. The first-order valence-corrected chi connectivity index (χ1v) is 13.9. The largest absolute Gasteiger partial charge is 0.507 e. The van der Waals surface area contributed by atoms with Crippen LogP contribution in [0.3, 0.4) is 0 Å². The van der Waals surface area contributed by atoms with E-state index in [0.717, 1.165) is 22.5 Å². The van der Waals surface area contributed by atoms with Crippen molar-refractivity contribution >= 4 is 16.0 Å². The molecule has 0 fully saturated rings. The van der Waals surface area contributed by atoms with Gasteiger partial charge in [-0.15, -0.1) is 0 Å². The Labute approximate surface area is 231 Å². The molecule has 6 aromatic rings. The van der Waals surface area contributed by atoms with Crippen LogP contribution in [0.15, 0.2) is 133 Å². The second-order valence-corrected chi connectivity index (χ2v) is 10.6. The van der Waals surface area contributed by atoms with Gasteiger partial charge in [0.15, 0.2) is 0 Å². The van der Waals surface area contributed by atoms with E-state index in [9.17, 15) is 13.5 Å². The summed E-state index contributed by atoms with van der Waals surface area (Å²) in [7, 11) is -3.92.